The summed E-state index contributed by atoms with van der Waals surface area (Å²) in [4.78, 5) is 16.7. The maximum Gasteiger partial charge on any atom is 0.228 e. The van der Waals surface area contributed by atoms with Crippen LogP contribution in [0.3, 0.4) is 0 Å². The van der Waals surface area contributed by atoms with Crippen LogP contribution in [0.5, 0.6) is 5.75 Å². The lowest BCUT2D eigenvalue weighted by atomic mass is 10.1. The van der Waals surface area contributed by atoms with Crippen molar-refractivity contribution in [3.05, 3.63) is 102 Å². The van der Waals surface area contributed by atoms with Gasteiger partial charge < -0.3 is 15.4 Å². The number of allylic oxidation sites excluding steroid dienone is 3. The van der Waals surface area contributed by atoms with Gasteiger partial charge in [-0.05, 0) is 67.8 Å². The van der Waals surface area contributed by atoms with Crippen molar-refractivity contribution >= 4 is 28.5 Å². The molecule has 8 nitrogen and oxygen atoms in total. The second kappa shape index (κ2) is 10.2. The number of carbonyl (C=O) groups is 1. The summed E-state index contributed by atoms with van der Waals surface area (Å²) in [5.41, 5.74) is 4.78. The first-order valence-corrected chi connectivity index (χ1v) is 11.6. The summed E-state index contributed by atoms with van der Waals surface area (Å²) in [5, 5.41) is 20.4. The zero-order valence-corrected chi connectivity index (χ0v) is 19.7. The van der Waals surface area contributed by atoms with E-state index in [9.17, 15) is 10.1 Å². The minimum atomic E-state index is -0.157. The largest absolute Gasteiger partial charge is 0.458 e. The lowest BCUT2D eigenvalue weighted by Gasteiger charge is -2.13. The number of nitriles is 1. The number of amides is 1. The molecule has 4 aromatic rings. The van der Waals surface area contributed by atoms with Gasteiger partial charge in [-0.2, -0.15) is 10.4 Å². The van der Waals surface area contributed by atoms with E-state index in [4.69, 9.17) is 4.74 Å². The molecule has 0 unspecified atom stereocenters. The van der Waals surface area contributed by atoms with Gasteiger partial charge in [-0.3, -0.25) is 9.78 Å². The number of aromatic nitrogens is 3. The lowest BCUT2D eigenvalue weighted by molar-refractivity contribution is -0.115. The molecule has 1 aliphatic rings. The molecule has 8 heteroatoms. The van der Waals surface area contributed by atoms with Crippen molar-refractivity contribution < 1.29 is 9.53 Å². The van der Waals surface area contributed by atoms with Gasteiger partial charge in [-0.15, -0.1) is 0 Å². The number of nitrogens with one attached hydrogen (secondary N) is 2. The van der Waals surface area contributed by atoms with Crippen molar-refractivity contribution in [3.8, 4) is 11.8 Å². The Balaban J connectivity index is 1.39. The van der Waals surface area contributed by atoms with Crippen molar-refractivity contribution in [1.29, 1.82) is 5.26 Å². The first kappa shape index (κ1) is 22.9. The highest BCUT2D eigenvalue weighted by Gasteiger charge is 2.17. The van der Waals surface area contributed by atoms with Crippen LogP contribution >= 0.6 is 0 Å². The average Bonchev–Trinajstić information content (AvgIpc) is 3.21. The second-order valence-electron chi connectivity index (χ2n) is 8.43. The Kier molecular flexibility index (Phi) is 6.45. The molecule has 0 spiro atoms. The first-order valence-electron chi connectivity index (χ1n) is 11.6. The van der Waals surface area contributed by atoms with Crippen molar-refractivity contribution in [2.24, 2.45) is 0 Å². The van der Waals surface area contributed by atoms with E-state index >= 15 is 0 Å². The third-order valence-electron chi connectivity index (χ3n) is 5.86. The zero-order valence-electron chi connectivity index (χ0n) is 19.7. The normalized spacial score (nSPS) is 12.6. The molecule has 1 aromatic carbocycles. The standard InChI is InChI=1S/C28H24N6O2/c1-19-25(33-26(35)14-20-6-5-13-30-16-20)18-34-28(19)27(21(15-29)17-31-34)32-22-9-11-24(12-10-22)36-23-7-3-2-4-8-23/h3,5-13,16-18,32H,2,4,14H2,1H3,(H,33,35). The molecule has 36 heavy (non-hydrogen) atoms. The molecule has 1 aliphatic carbocycles. The van der Waals surface area contributed by atoms with Crippen LogP contribution in [0, 0.1) is 18.3 Å². The molecule has 0 saturated carbocycles. The van der Waals surface area contributed by atoms with E-state index in [1.54, 1.807) is 29.2 Å². The number of pyridine rings is 1. The van der Waals surface area contributed by atoms with Gasteiger partial charge in [0.25, 0.3) is 0 Å². The number of hydrogen-bond acceptors (Lipinski definition) is 6. The van der Waals surface area contributed by atoms with Crippen LogP contribution in [0.2, 0.25) is 0 Å². The third-order valence-corrected chi connectivity index (χ3v) is 5.86. The van der Waals surface area contributed by atoms with Gasteiger partial charge >= 0.3 is 0 Å². The minimum absolute atomic E-state index is 0.157. The highest BCUT2D eigenvalue weighted by Crippen LogP contribution is 2.33. The van der Waals surface area contributed by atoms with E-state index in [0.717, 1.165) is 41.2 Å². The van der Waals surface area contributed by atoms with E-state index in [2.05, 4.69) is 38.9 Å². The summed E-state index contributed by atoms with van der Waals surface area (Å²) >= 11 is 0. The summed E-state index contributed by atoms with van der Waals surface area (Å²) in [5.74, 6) is 1.42. The molecule has 1 amide bonds. The Bertz CT molecular complexity index is 1510. The fraction of sp³-hybridized carbons (Fsp3) is 0.143. The maximum absolute atomic E-state index is 12.6. The molecule has 3 aromatic heterocycles. The smallest absolute Gasteiger partial charge is 0.228 e. The van der Waals surface area contributed by atoms with E-state index in [-0.39, 0.29) is 12.3 Å². The van der Waals surface area contributed by atoms with E-state index in [1.807, 2.05) is 43.3 Å². The molecule has 178 valence electrons. The van der Waals surface area contributed by atoms with Crippen LogP contribution < -0.4 is 15.4 Å². The molecule has 0 aliphatic heterocycles. The van der Waals surface area contributed by atoms with Crippen molar-refractivity contribution in [2.45, 2.75) is 26.2 Å². The number of hydrogen-bond donors (Lipinski definition) is 2. The van der Waals surface area contributed by atoms with Crippen LogP contribution in [0.4, 0.5) is 17.1 Å². The van der Waals surface area contributed by atoms with Crippen molar-refractivity contribution in [1.82, 2.24) is 14.6 Å². The maximum atomic E-state index is 12.6. The summed E-state index contributed by atoms with van der Waals surface area (Å²) in [6.07, 6.45) is 15.0. The third kappa shape index (κ3) is 4.95. The molecule has 0 bridgehead atoms. The van der Waals surface area contributed by atoms with E-state index in [1.165, 1.54) is 6.20 Å². The number of aryl methyl sites for hydroxylation is 1. The van der Waals surface area contributed by atoms with Gasteiger partial charge in [0.1, 0.15) is 17.6 Å². The van der Waals surface area contributed by atoms with Gasteiger partial charge in [0.15, 0.2) is 0 Å². The Morgan fingerprint density at radius 3 is 2.78 bits per heavy atom. The molecule has 0 fully saturated rings. The highest BCUT2D eigenvalue weighted by atomic mass is 16.5. The predicted octanol–water partition coefficient (Wildman–Crippen LogP) is 5.45. The minimum Gasteiger partial charge on any atom is -0.458 e. The topological polar surface area (TPSA) is 104 Å². The monoisotopic (exact) mass is 476 g/mol. The lowest BCUT2D eigenvalue weighted by Crippen LogP contribution is -2.14. The second-order valence-corrected chi connectivity index (χ2v) is 8.43. The summed E-state index contributed by atoms with van der Waals surface area (Å²) in [6.45, 7) is 1.89. The molecule has 2 N–H and O–H groups in total. The summed E-state index contributed by atoms with van der Waals surface area (Å²) in [6, 6.07) is 13.4. The van der Waals surface area contributed by atoms with E-state index in [0.29, 0.717) is 22.5 Å². The Labute approximate surface area is 208 Å². The van der Waals surface area contributed by atoms with Gasteiger partial charge in [-0.25, -0.2) is 4.52 Å². The van der Waals surface area contributed by atoms with Crippen LogP contribution in [0.15, 0.2) is 85.2 Å². The Hall–Kier alpha value is -4.90. The summed E-state index contributed by atoms with van der Waals surface area (Å²) in [7, 11) is 0. The number of nitrogens with zero attached hydrogens (tertiary/aromatic N) is 4. The van der Waals surface area contributed by atoms with Gasteiger partial charge in [0.2, 0.25) is 5.91 Å². The molecular weight excluding hydrogens is 452 g/mol. The Morgan fingerprint density at radius 2 is 2.06 bits per heavy atom. The van der Waals surface area contributed by atoms with Gasteiger partial charge in [-0.1, -0.05) is 12.1 Å². The van der Waals surface area contributed by atoms with Crippen LogP contribution in [0.25, 0.3) is 5.52 Å². The number of ether oxygens (including phenoxy) is 1. The molecule has 5 rings (SSSR count). The number of carbonyl (C=O) groups excluding carboxylic acids is 1. The van der Waals surface area contributed by atoms with Crippen LogP contribution in [-0.4, -0.2) is 20.5 Å². The Morgan fingerprint density at radius 1 is 1.19 bits per heavy atom. The van der Waals surface area contributed by atoms with Crippen molar-refractivity contribution in [2.75, 3.05) is 10.6 Å². The molecular formula is C28H24N6O2. The molecule has 0 atom stereocenters. The van der Waals surface area contributed by atoms with Crippen LogP contribution in [0.1, 0.15) is 29.5 Å². The van der Waals surface area contributed by atoms with Crippen molar-refractivity contribution in [3.63, 3.8) is 0 Å². The predicted molar refractivity (Wildman–Crippen MR) is 138 cm³/mol. The first-order chi connectivity index (χ1) is 17.6. The van der Waals surface area contributed by atoms with Gasteiger partial charge in [0, 0.05) is 23.6 Å². The molecule has 0 radical (unpaired) electrons. The quantitative estimate of drug-likeness (QED) is 0.368. The molecule has 0 saturated heterocycles. The fourth-order valence-electron chi connectivity index (χ4n) is 4.06. The number of rotatable bonds is 7. The average molecular weight is 477 g/mol. The van der Waals surface area contributed by atoms with Crippen LogP contribution in [-0.2, 0) is 11.2 Å². The number of benzene rings is 1. The highest BCUT2D eigenvalue weighted by molar-refractivity contribution is 5.96. The zero-order chi connectivity index (χ0) is 24.9. The fourth-order valence-corrected chi connectivity index (χ4v) is 4.06. The number of fused-ring (bicyclic) bond motifs is 1. The summed E-state index contributed by atoms with van der Waals surface area (Å²) < 4.78 is 7.58. The van der Waals surface area contributed by atoms with E-state index < -0.39 is 0 Å². The molecule has 3 heterocycles. The number of anilines is 3. The van der Waals surface area contributed by atoms with Gasteiger partial charge in [0.05, 0.1) is 41.3 Å². The SMILES string of the molecule is Cc1c(NC(=O)Cc2cccnc2)cn2ncc(C#N)c(Nc3ccc(OC4=CCCC=C4)cc3)c12.